The highest BCUT2D eigenvalue weighted by molar-refractivity contribution is 5.99. The minimum Gasteiger partial charge on any atom is -0.383 e. The number of nitrogens with zero attached hydrogens (tertiary/aromatic N) is 4. The van der Waals surface area contributed by atoms with Crippen LogP contribution in [0.5, 0.6) is 0 Å². The number of rotatable bonds is 4. The van der Waals surface area contributed by atoms with Crippen LogP contribution in [-0.2, 0) is 0 Å². The third-order valence-electron chi connectivity index (χ3n) is 5.60. The van der Waals surface area contributed by atoms with Gasteiger partial charge in [0.1, 0.15) is 11.6 Å². The van der Waals surface area contributed by atoms with Crippen molar-refractivity contribution in [3.05, 3.63) is 59.9 Å². The molecule has 1 aliphatic rings. The van der Waals surface area contributed by atoms with Crippen molar-refractivity contribution in [2.24, 2.45) is 0 Å². The fourth-order valence-corrected chi connectivity index (χ4v) is 4.13. The number of aryl methyl sites for hydroxylation is 1. The van der Waals surface area contributed by atoms with Crippen molar-refractivity contribution in [2.75, 3.05) is 11.1 Å². The smallest absolute Gasteiger partial charge is 0.225 e. The predicted molar refractivity (Wildman–Crippen MR) is 117 cm³/mol. The van der Waals surface area contributed by atoms with Gasteiger partial charge in [-0.3, -0.25) is 0 Å². The summed E-state index contributed by atoms with van der Waals surface area (Å²) >= 11 is 0. The Kier molecular flexibility index (Phi) is 4.58. The first-order valence-electron chi connectivity index (χ1n) is 10.2. The number of fused-ring (bicyclic) bond motifs is 1. The number of halogens is 1. The lowest BCUT2D eigenvalue weighted by atomic mass is 10.1. The van der Waals surface area contributed by atoms with Crippen molar-refractivity contribution in [3.8, 4) is 16.9 Å². The summed E-state index contributed by atoms with van der Waals surface area (Å²) in [4.78, 5) is 9.39. The molecule has 0 radical (unpaired) electrons. The van der Waals surface area contributed by atoms with E-state index in [9.17, 15) is 4.39 Å². The summed E-state index contributed by atoms with van der Waals surface area (Å²) in [6, 6.07) is 14.7. The van der Waals surface area contributed by atoms with Crippen LogP contribution in [0.3, 0.4) is 0 Å². The molecule has 1 fully saturated rings. The first kappa shape index (κ1) is 18.5. The molecule has 6 nitrogen and oxygen atoms in total. The van der Waals surface area contributed by atoms with Crippen molar-refractivity contribution < 1.29 is 4.39 Å². The van der Waals surface area contributed by atoms with Crippen LogP contribution in [-0.4, -0.2) is 25.8 Å². The second-order valence-electron chi connectivity index (χ2n) is 7.87. The maximum atomic E-state index is 14.0. The van der Waals surface area contributed by atoms with Gasteiger partial charge in [-0.05, 0) is 49.6 Å². The second kappa shape index (κ2) is 7.40. The Hall–Kier alpha value is -3.48. The van der Waals surface area contributed by atoms with E-state index >= 15 is 0 Å². The number of nitrogen functional groups attached to an aromatic ring is 1. The lowest BCUT2D eigenvalue weighted by Crippen LogP contribution is -2.17. The molecule has 0 aliphatic heterocycles. The van der Waals surface area contributed by atoms with Crippen molar-refractivity contribution in [2.45, 2.75) is 38.6 Å². The average molecular weight is 402 g/mol. The maximum absolute atomic E-state index is 14.0. The van der Waals surface area contributed by atoms with E-state index < -0.39 is 0 Å². The Morgan fingerprint density at radius 3 is 2.63 bits per heavy atom. The topological polar surface area (TPSA) is 81.7 Å². The number of nitrogens with one attached hydrogen (secondary N) is 1. The number of benzene rings is 2. The van der Waals surface area contributed by atoms with E-state index in [4.69, 9.17) is 10.7 Å². The summed E-state index contributed by atoms with van der Waals surface area (Å²) < 4.78 is 15.7. The Morgan fingerprint density at radius 1 is 1.07 bits per heavy atom. The normalized spacial score (nSPS) is 14.5. The van der Waals surface area contributed by atoms with E-state index in [1.807, 2.05) is 37.3 Å². The van der Waals surface area contributed by atoms with Gasteiger partial charge in [0.05, 0.1) is 16.8 Å². The van der Waals surface area contributed by atoms with E-state index in [0.717, 1.165) is 24.1 Å². The fourth-order valence-electron chi connectivity index (χ4n) is 4.13. The van der Waals surface area contributed by atoms with Gasteiger partial charge >= 0.3 is 0 Å². The van der Waals surface area contributed by atoms with E-state index in [1.54, 1.807) is 10.7 Å². The van der Waals surface area contributed by atoms with Crippen LogP contribution < -0.4 is 11.1 Å². The fraction of sp³-hybridized carbons (Fsp3) is 0.261. The molecule has 0 spiro atoms. The second-order valence-corrected chi connectivity index (χ2v) is 7.87. The molecule has 1 saturated carbocycles. The molecule has 152 valence electrons. The molecule has 2 aromatic heterocycles. The zero-order valence-corrected chi connectivity index (χ0v) is 16.8. The molecule has 0 amide bonds. The van der Waals surface area contributed by atoms with Gasteiger partial charge in [-0.1, -0.05) is 37.1 Å². The lowest BCUT2D eigenvalue weighted by molar-refractivity contribution is 0.628. The van der Waals surface area contributed by atoms with Crippen LogP contribution in [0, 0.1) is 12.7 Å². The first-order chi connectivity index (χ1) is 14.6. The number of hydrogen-bond acceptors (Lipinski definition) is 5. The van der Waals surface area contributed by atoms with Crippen LogP contribution in [0.15, 0.2) is 48.5 Å². The number of nitrogens with two attached hydrogens (primary N) is 1. The number of anilines is 2. The predicted octanol–water partition coefficient (Wildman–Crippen LogP) is 4.87. The molecule has 2 heterocycles. The van der Waals surface area contributed by atoms with Crippen molar-refractivity contribution in [3.63, 3.8) is 0 Å². The highest BCUT2D eigenvalue weighted by atomic mass is 19.1. The van der Waals surface area contributed by atoms with E-state index in [2.05, 4.69) is 15.4 Å². The van der Waals surface area contributed by atoms with Crippen LogP contribution in [0.2, 0.25) is 0 Å². The van der Waals surface area contributed by atoms with Crippen LogP contribution in [0.25, 0.3) is 28.0 Å². The molecule has 7 heteroatoms. The molecular formula is C23H23FN6. The van der Waals surface area contributed by atoms with Gasteiger partial charge in [-0.2, -0.15) is 4.98 Å². The van der Waals surface area contributed by atoms with Crippen LogP contribution >= 0.6 is 0 Å². The summed E-state index contributed by atoms with van der Waals surface area (Å²) in [5.41, 5.74) is 10.2. The van der Waals surface area contributed by atoms with Gasteiger partial charge in [0, 0.05) is 11.6 Å². The number of aromatic nitrogens is 4. The molecule has 2 aromatic carbocycles. The van der Waals surface area contributed by atoms with Crippen molar-refractivity contribution >= 4 is 22.8 Å². The van der Waals surface area contributed by atoms with Gasteiger partial charge < -0.3 is 11.1 Å². The Labute approximate surface area is 174 Å². The summed E-state index contributed by atoms with van der Waals surface area (Å²) in [5, 5.41) is 8.73. The molecule has 3 N–H and O–H groups in total. The van der Waals surface area contributed by atoms with Crippen molar-refractivity contribution in [1.82, 2.24) is 19.7 Å². The first-order valence-corrected chi connectivity index (χ1v) is 10.2. The molecule has 0 unspecified atom stereocenters. The van der Waals surface area contributed by atoms with Gasteiger partial charge in [0.2, 0.25) is 5.95 Å². The Morgan fingerprint density at radius 2 is 1.87 bits per heavy atom. The Balaban J connectivity index is 1.71. The van der Waals surface area contributed by atoms with Gasteiger partial charge in [0.25, 0.3) is 0 Å². The highest BCUT2D eigenvalue weighted by Crippen LogP contribution is 2.33. The minimum atomic E-state index is -0.325. The average Bonchev–Trinajstić information content (AvgIpc) is 3.35. The largest absolute Gasteiger partial charge is 0.383 e. The summed E-state index contributed by atoms with van der Waals surface area (Å²) in [6.07, 6.45) is 4.59. The molecule has 5 rings (SSSR count). The Bertz CT molecular complexity index is 1230. The standard InChI is InChI=1S/C23H23FN6/c1-14-6-4-11-18(12-14)30-21(25)19-20(15-7-5-8-16(24)13-15)27-23(28-22(19)29-30)26-17-9-2-3-10-17/h4-8,11-13,17H,2-3,9-10,25H2,1H3,(H,26,28,29). The summed E-state index contributed by atoms with van der Waals surface area (Å²) in [5.74, 6) is 0.610. The molecule has 0 bridgehead atoms. The molecular weight excluding hydrogens is 379 g/mol. The minimum absolute atomic E-state index is 0.325. The number of hydrogen-bond donors (Lipinski definition) is 2. The summed E-state index contributed by atoms with van der Waals surface area (Å²) in [6.45, 7) is 2.02. The zero-order chi connectivity index (χ0) is 20.7. The van der Waals surface area contributed by atoms with Gasteiger partial charge in [-0.25, -0.2) is 14.1 Å². The monoisotopic (exact) mass is 402 g/mol. The molecule has 0 saturated heterocycles. The SMILES string of the molecule is Cc1cccc(-n2nc3nc(NC4CCCC4)nc(-c4cccc(F)c4)c3c2N)c1. The maximum Gasteiger partial charge on any atom is 0.225 e. The van der Waals surface area contributed by atoms with E-state index in [-0.39, 0.29) is 5.82 Å². The van der Waals surface area contributed by atoms with Crippen molar-refractivity contribution in [1.29, 1.82) is 0 Å². The van der Waals surface area contributed by atoms with Crippen LogP contribution in [0.1, 0.15) is 31.2 Å². The highest BCUT2D eigenvalue weighted by Gasteiger charge is 2.21. The molecule has 4 aromatic rings. The summed E-state index contributed by atoms with van der Waals surface area (Å²) in [7, 11) is 0. The quantitative estimate of drug-likeness (QED) is 0.509. The molecule has 0 atom stereocenters. The van der Waals surface area contributed by atoms with Gasteiger partial charge in [-0.15, -0.1) is 5.10 Å². The zero-order valence-electron chi connectivity index (χ0n) is 16.8. The lowest BCUT2D eigenvalue weighted by Gasteiger charge is -2.13. The van der Waals surface area contributed by atoms with Gasteiger partial charge in [0.15, 0.2) is 5.65 Å². The van der Waals surface area contributed by atoms with E-state index in [1.165, 1.54) is 25.0 Å². The van der Waals surface area contributed by atoms with E-state index in [0.29, 0.717) is 40.1 Å². The molecule has 1 aliphatic carbocycles. The third kappa shape index (κ3) is 3.36. The third-order valence-corrected chi connectivity index (χ3v) is 5.60. The molecule has 30 heavy (non-hydrogen) atoms. The van der Waals surface area contributed by atoms with Crippen LogP contribution in [0.4, 0.5) is 16.2 Å².